The molecule has 0 heterocycles. The summed E-state index contributed by atoms with van der Waals surface area (Å²) in [5, 5.41) is 9.26. The van der Waals surface area contributed by atoms with E-state index in [1.54, 1.807) is 0 Å². The Morgan fingerprint density at radius 1 is 0.727 bits per heavy atom. The second kappa shape index (κ2) is 16.8. The van der Waals surface area contributed by atoms with Crippen LogP contribution >= 0.6 is 0 Å². The summed E-state index contributed by atoms with van der Waals surface area (Å²) < 4.78 is 1.33. The van der Waals surface area contributed by atoms with Crippen molar-refractivity contribution < 1.29 is 14.4 Å². The molecule has 0 aromatic carbocycles. The van der Waals surface area contributed by atoms with Crippen molar-refractivity contribution in [3.05, 3.63) is 0 Å². The summed E-state index contributed by atoms with van der Waals surface area (Å²) in [6.07, 6.45) is 11.6. The smallest absolute Gasteiger partial charge is 0.0786 e. The fourth-order valence-corrected chi connectivity index (χ4v) is 2.73. The van der Waals surface area contributed by atoms with Crippen molar-refractivity contribution in [3.8, 4) is 0 Å². The standard InChI is InChI=1S/C16H36N.C3H6O2/c1-5-9-10-11-12-13-14-15-16-17(6-2,7-3)8-4;1-2-3(4)5/h5-16H2,1-4H3;2H2,1H3,(H,4,5)/q+1;/p-1. The molecule has 0 saturated heterocycles. The lowest BCUT2D eigenvalue weighted by Crippen LogP contribution is -2.48. The molecule has 3 nitrogen and oxygen atoms in total. The predicted molar refractivity (Wildman–Crippen MR) is 94.7 cm³/mol. The maximum atomic E-state index is 9.26. The molecule has 0 unspecified atom stereocenters. The van der Waals surface area contributed by atoms with Crippen LogP contribution in [0, 0.1) is 0 Å². The van der Waals surface area contributed by atoms with E-state index < -0.39 is 5.97 Å². The predicted octanol–water partition coefficient (Wildman–Crippen LogP) is 4.15. The number of aliphatic carboxylic acids is 1. The molecule has 0 fully saturated rings. The highest BCUT2D eigenvalue weighted by atomic mass is 16.4. The highest BCUT2D eigenvalue weighted by Gasteiger charge is 2.19. The van der Waals surface area contributed by atoms with Crippen LogP contribution in [0.5, 0.6) is 0 Å². The van der Waals surface area contributed by atoms with E-state index in [4.69, 9.17) is 0 Å². The molecule has 0 N–H and O–H groups in total. The number of unbranched alkanes of at least 4 members (excludes halogenated alkanes) is 7. The fourth-order valence-electron chi connectivity index (χ4n) is 2.73. The number of hydrogen-bond donors (Lipinski definition) is 0. The Kier molecular flexibility index (Phi) is 18.1. The molecule has 0 aromatic heterocycles. The van der Waals surface area contributed by atoms with Gasteiger partial charge in [-0.15, -0.1) is 0 Å². The van der Waals surface area contributed by atoms with Gasteiger partial charge in [-0.1, -0.05) is 52.4 Å². The number of quaternary nitrogens is 1. The van der Waals surface area contributed by atoms with E-state index in [1.165, 1.54) is 89.0 Å². The highest BCUT2D eigenvalue weighted by Crippen LogP contribution is 2.12. The van der Waals surface area contributed by atoms with Gasteiger partial charge in [0.25, 0.3) is 0 Å². The van der Waals surface area contributed by atoms with Gasteiger partial charge < -0.3 is 14.4 Å². The summed E-state index contributed by atoms with van der Waals surface area (Å²) in [5.74, 6) is -0.995. The molecule has 3 heteroatoms. The average Bonchev–Trinajstić information content (AvgIpc) is 2.55. The summed E-state index contributed by atoms with van der Waals surface area (Å²) in [6, 6.07) is 0. The van der Waals surface area contributed by atoms with Gasteiger partial charge in [0.1, 0.15) is 0 Å². The van der Waals surface area contributed by atoms with Crippen molar-refractivity contribution in [1.82, 2.24) is 0 Å². The van der Waals surface area contributed by atoms with E-state index in [0.717, 1.165) is 0 Å². The third kappa shape index (κ3) is 14.4. The van der Waals surface area contributed by atoms with Crippen LogP contribution in [0.4, 0.5) is 0 Å². The molecule has 0 aliphatic carbocycles. The van der Waals surface area contributed by atoms with Crippen LogP contribution in [0.3, 0.4) is 0 Å². The Morgan fingerprint density at radius 3 is 1.41 bits per heavy atom. The van der Waals surface area contributed by atoms with E-state index in [9.17, 15) is 9.90 Å². The van der Waals surface area contributed by atoms with Gasteiger partial charge in [0.05, 0.1) is 26.2 Å². The first-order valence-electron chi connectivity index (χ1n) is 9.56. The fraction of sp³-hybridized carbons (Fsp3) is 0.947. The molecule has 0 aliphatic rings. The number of nitrogens with zero attached hydrogens (tertiary/aromatic N) is 1. The van der Waals surface area contributed by atoms with Crippen molar-refractivity contribution in [2.75, 3.05) is 26.2 Å². The van der Waals surface area contributed by atoms with Crippen LogP contribution < -0.4 is 5.11 Å². The average molecular weight is 316 g/mol. The number of hydrogen-bond acceptors (Lipinski definition) is 2. The second-order valence-electron chi connectivity index (χ2n) is 6.21. The van der Waals surface area contributed by atoms with Crippen LogP contribution in [0.2, 0.25) is 0 Å². The van der Waals surface area contributed by atoms with Crippen molar-refractivity contribution in [2.24, 2.45) is 0 Å². The number of carbonyl (C=O) groups excluding carboxylic acids is 1. The molecule has 0 radical (unpaired) electrons. The summed E-state index contributed by atoms with van der Waals surface area (Å²) in [7, 11) is 0. The van der Waals surface area contributed by atoms with E-state index in [1.807, 2.05) is 0 Å². The van der Waals surface area contributed by atoms with Crippen LogP contribution in [0.25, 0.3) is 0 Å². The number of carbonyl (C=O) groups is 1. The lowest BCUT2D eigenvalue weighted by Gasteiger charge is -2.35. The van der Waals surface area contributed by atoms with E-state index >= 15 is 0 Å². The minimum absolute atomic E-state index is 0.111. The van der Waals surface area contributed by atoms with Gasteiger partial charge in [-0.2, -0.15) is 0 Å². The Morgan fingerprint density at radius 2 is 1.09 bits per heavy atom. The first kappa shape index (κ1) is 23.7. The monoisotopic (exact) mass is 315 g/mol. The topological polar surface area (TPSA) is 40.1 Å². The summed E-state index contributed by atoms with van der Waals surface area (Å²) in [4.78, 5) is 9.26. The molecule has 0 amide bonds. The van der Waals surface area contributed by atoms with Gasteiger partial charge in [0, 0.05) is 5.97 Å². The van der Waals surface area contributed by atoms with E-state index in [0.29, 0.717) is 0 Å². The van der Waals surface area contributed by atoms with Gasteiger partial charge >= 0.3 is 0 Å². The molecular formula is C19H41NO2. The number of carboxylic acid groups (broad SMARTS) is 1. The zero-order valence-corrected chi connectivity index (χ0v) is 16.0. The molecule has 0 aliphatic heterocycles. The van der Waals surface area contributed by atoms with Crippen molar-refractivity contribution in [2.45, 2.75) is 92.4 Å². The van der Waals surface area contributed by atoms with Gasteiger partial charge in [0.2, 0.25) is 0 Å². The van der Waals surface area contributed by atoms with Crippen molar-refractivity contribution >= 4 is 5.97 Å². The molecule has 22 heavy (non-hydrogen) atoms. The van der Waals surface area contributed by atoms with Crippen LogP contribution in [0.15, 0.2) is 0 Å². The quantitative estimate of drug-likeness (QED) is 0.378. The molecule has 0 aromatic rings. The van der Waals surface area contributed by atoms with Crippen molar-refractivity contribution in [3.63, 3.8) is 0 Å². The largest absolute Gasteiger partial charge is 0.550 e. The number of rotatable bonds is 13. The van der Waals surface area contributed by atoms with Gasteiger partial charge in [-0.3, -0.25) is 0 Å². The minimum atomic E-state index is -0.995. The molecule has 0 atom stereocenters. The molecule has 0 saturated carbocycles. The first-order chi connectivity index (χ1) is 10.5. The number of carboxylic acids is 1. The Labute approximate surface area is 139 Å². The SMILES string of the molecule is CCC(=O)[O-].CCCCCCCCCC[N+](CC)(CC)CC. The third-order valence-corrected chi connectivity index (χ3v) is 4.79. The maximum Gasteiger partial charge on any atom is 0.0786 e. The second-order valence-corrected chi connectivity index (χ2v) is 6.21. The molecule has 0 bridgehead atoms. The lowest BCUT2D eigenvalue weighted by molar-refractivity contribution is -0.923. The highest BCUT2D eigenvalue weighted by molar-refractivity contribution is 5.63. The lowest BCUT2D eigenvalue weighted by atomic mass is 10.1. The zero-order chi connectivity index (χ0) is 17.3. The van der Waals surface area contributed by atoms with Crippen molar-refractivity contribution in [1.29, 1.82) is 0 Å². The Hall–Kier alpha value is -0.570. The Bertz CT molecular complexity index is 229. The first-order valence-corrected chi connectivity index (χ1v) is 9.56. The molecule has 0 rings (SSSR count). The Balaban J connectivity index is 0. The zero-order valence-electron chi connectivity index (χ0n) is 16.0. The van der Waals surface area contributed by atoms with Gasteiger partial charge in [-0.05, 0) is 40.0 Å². The van der Waals surface area contributed by atoms with Crippen LogP contribution in [0.1, 0.15) is 92.4 Å². The minimum Gasteiger partial charge on any atom is -0.550 e. The van der Waals surface area contributed by atoms with Crippen LogP contribution in [-0.4, -0.2) is 36.6 Å². The molecule has 0 spiro atoms. The van der Waals surface area contributed by atoms with E-state index in [2.05, 4.69) is 27.7 Å². The summed E-state index contributed by atoms with van der Waals surface area (Å²) in [6.45, 7) is 16.2. The molecule has 134 valence electrons. The van der Waals surface area contributed by atoms with Crippen LogP contribution in [-0.2, 0) is 4.79 Å². The van der Waals surface area contributed by atoms with Gasteiger partial charge in [-0.25, -0.2) is 0 Å². The normalized spacial score (nSPS) is 11.0. The van der Waals surface area contributed by atoms with Gasteiger partial charge in [0.15, 0.2) is 0 Å². The van der Waals surface area contributed by atoms with E-state index in [-0.39, 0.29) is 6.42 Å². The summed E-state index contributed by atoms with van der Waals surface area (Å²) in [5.41, 5.74) is 0. The molecular weight excluding hydrogens is 274 g/mol. The maximum absolute atomic E-state index is 9.26. The summed E-state index contributed by atoms with van der Waals surface area (Å²) >= 11 is 0. The third-order valence-electron chi connectivity index (χ3n) is 4.79.